The van der Waals surface area contributed by atoms with Crippen molar-refractivity contribution in [1.29, 1.82) is 0 Å². The summed E-state index contributed by atoms with van der Waals surface area (Å²) in [7, 11) is 0. The van der Waals surface area contributed by atoms with Crippen molar-refractivity contribution in [1.82, 2.24) is 10.3 Å². The SMILES string of the molecule is Cc1[nH]c(=S)sc1CC(=O)NCCc1cccc(F)c1. The third-order valence-corrected chi connectivity index (χ3v) is 4.21. The Morgan fingerprint density at radius 1 is 1.50 bits per heavy atom. The molecule has 0 saturated heterocycles. The summed E-state index contributed by atoms with van der Waals surface area (Å²) in [5, 5.41) is 2.83. The van der Waals surface area contributed by atoms with Crippen LogP contribution in [0.2, 0.25) is 0 Å². The van der Waals surface area contributed by atoms with Gasteiger partial charge in [-0.05, 0) is 43.3 Å². The van der Waals surface area contributed by atoms with Gasteiger partial charge in [0.2, 0.25) is 5.91 Å². The van der Waals surface area contributed by atoms with E-state index >= 15 is 0 Å². The average Bonchev–Trinajstić information content (AvgIpc) is 2.68. The molecule has 0 saturated carbocycles. The van der Waals surface area contributed by atoms with Gasteiger partial charge >= 0.3 is 0 Å². The molecule has 2 N–H and O–H groups in total. The molecule has 0 radical (unpaired) electrons. The van der Waals surface area contributed by atoms with Crippen LogP contribution in [0.4, 0.5) is 4.39 Å². The zero-order valence-corrected chi connectivity index (χ0v) is 12.7. The van der Waals surface area contributed by atoms with Crippen LogP contribution in [-0.4, -0.2) is 17.4 Å². The van der Waals surface area contributed by atoms with E-state index in [1.54, 1.807) is 6.07 Å². The molecule has 20 heavy (non-hydrogen) atoms. The van der Waals surface area contributed by atoms with Crippen LogP contribution in [0.5, 0.6) is 0 Å². The lowest BCUT2D eigenvalue weighted by Crippen LogP contribution is -2.27. The highest BCUT2D eigenvalue weighted by molar-refractivity contribution is 7.73. The van der Waals surface area contributed by atoms with Crippen LogP contribution in [0, 0.1) is 16.7 Å². The minimum Gasteiger partial charge on any atom is -0.355 e. The predicted molar refractivity (Wildman–Crippen MR) is 81.1 cm³/mol. The molecule has 0 aliphatic rings. The summed E-state index contributed by atoms with van der Waals surface area (Å²) in [5.74, 6) is -0.300. The van der Waals surface area contributed by atoms with Gasteiger partial charge in [0.1, 0.15) is 5.82 Å². The minimum absolute atomic E-state index is 0.0465. The number of aromatic nitrogens is 1. The van der Waals surface area contributed by atoms with Crippen molar-refractivity contribution in [3.05, 3.63) is 50.2 Å². The van der Waals surface area contributed by atoms with Crippen molar-refractivity contribution in [3.8, 4) is 0 Å². The Bertz CT molecular complexity index is 663. The first kappa shape index (κ1) is 14.9. The fourth-order valence-corrected chi connectivity index (χ4v) is 3.14. The van der Waals surface area contributed by atoms with E-state index in [2.05, 4.69) is 10.3 Å². The minimum atomic E-state index is -0.253. The molecule has 3 nitrogen and oxygen atoms in total. The zero-order chi connectivity index (χ0) is 14.5. The molecule has 0 atom stereocenters. The number of nitrogens with one attached hydrogen (secondary N) is 2. The molecular formula is C14H15FN2OS2. The van der Waals surface area contributed by atoms with E-state index in [-0.39, 0.29) is 11.7 Å². The van der Waals surface area contributed by atoms with Crippen LogP contribution in [0.15, 0.2) is 24.3 Å². The molecular weight excluding hydrogens is 295 g/mol. The van der Waals surface area contributed by atoms with Gasteiger partial charge in [0.05, 0.1) is 6.42 Å². The van der Waals surface area contributed by atoms with Crippen molar-refractivity contribution >= 4 is 29.5 Å². The summed E-state index contributed by atoms with van der Waals surface area (Å²) in [5.41, 5.74) is 1.82. The second kappa shape index (κ2) is 6.76. The average molecular weight is 310 g/mol. The Kier molecular flexibility index (Phi) is 5.03. The first-order valence-corrected chi connectivity index (χ1v) is 7.47. The number of thiazole rings is 1. The number of benzene rings is 1. The van der Waals surface area contributed by atoms with Gasteiger partial charge in [-0.1, -0.05) is 12.1 Å². The molecule has 6 heteroatoms. The van der Waals surface area contributed by atoms with Crippen molar-refractivity contribution < 1.29 is 9.18 Å². The normalized spacial score (nSPS) is 10.5. The summed E-state index contributed by atoms with van der Waals surface area (Å²) < 4.78 is 13.7. The molecule has 0 aliphatic heterocycles. The molecule has 1 amide bonds. The Hall–Kier alpha value is -1.53. The molecule has 1 heterocycles. The maximum atomic E-state index is 13.0. The standard InChI is InChI=1S/C14H15FN2OS2/c1-9-12(20-14(19)17-9)8-13(18)16-6-5-10-3-2-4-11(15)7-10/h2-4,7H,5-6,8H2,1H3,(H,16,18)(H,17,19). The first-order valence-electron chi connectivity index (χ1n) is 6.24. The number of hydrogen-bond acceptors (Lipinski definition) is 3. The van der Waals surface area contributed by atoms with E-state index in [9.17, 15) is 9.18 Å². The van der Waals surface area contributed by atoms with E-state index in [0.717, 1.165) is 16.1 Å². The summed E-state index contributed by atoms with van der Waals surface area (Å²) in [6.07, 6.45) is 0.943. The van der Waals surface area contributed by atoms with E-state index in [1.807, 2.05) is 13.0 Å². The second-order valence-electron chi connectivity index (χ2n) is 4.47. The number of hydrogen-bond donors (Lipinski definition) is 2. The number of carbonyl (C=O) groups excluding carboxylic acids is 1. The van der Waals surface area contributed by atoms with Gasteiger partial charge in [-0.15, -0.1) is 11.3 Å². The number of halogens is 1. The maximum absolute atomic E-state index is 13.0. The quantitative estimate of drug-likeness (QED) is 0.833. The van der Waals surface area contributed by atoms with Crippen molar-refractivity contribution in [2.75, 3.05) is 6.54 Å². The largest absolute Gasteiger partial charge is 0.355 e. The van der Waals surface area contributed by atoms with Crippen molar-refractivity contribution in [2.24, 2.45) is 0 Å². The van der Waals surface area contributed by atoms with Gasteiger partial charge in [-0.2, -0.15) is 0 Å². The second-order valence-corrected chi connectivity index (χ2v) is 6.24. The molecule has 0 fully saturated rings. The molecule has 0 unspecified atom stereocenters. The van der Waals surface area contributed by atoms with Gasteiger partial charge < -0.3 is 10.3 Å². The molecule has 0 bridgehead atoms. The van der Waals surface area contributed by atoms with Crippen LogP contribution in [0.3, 0.4) is 0 Å². The first-order chi connectivity index (χ1) is 9.54. The maximum Gasteiger partial charge on any atom is 0.225 e. The zero-order valence-electron chi connectivity index (χ0n) is 11.0. The van der Waals surface area contributed by atoms with E-state index in [0.29, 0.717) is 23.3 Å². The lowest BCUT2D eigenvalue weighted by atomic mass is 10.1. The van der Waals surface area contributed by atoms with Crippen molar-refractivity contribution in [3.63, 3.8) is 0 Å². The van der Waals surface area contributed by atoms with E-state index in [4.69, 9.17) is 12.2 Å². The Balaban J connectivity index is 1.81. The Morgan fingerprint density at radius 2 is 2.30 bits per heavy atom. The topological polar surface area (TPSA) is 44.9 Å². The third-order valence-electron chi connectivity index (χ3n) is 2.87. The van der Waals surface area contributed by atoms with Crippen LogP contribution >= 0.6 is 23.6 Å². The van der Waals surface area contributed by atoms with Crippen LogP contribution < -0.4 is 5.32 Å². The summed E-state index contributed by atoms with van der Waals surface area (Å²) in [6, 6.07) is 6.40. The molecule has 0 spiro atoms. The number of aromatic amines is 1. The smallest absolute Gasteiger partial charge is 0.225 e. The summed E-state index contributed by atoms with van der Waals surface area (Å²) in [6.45, 7) is 2.40. The molecule has 1 aromatic heterocycles. The van der Waals surface area contributed by atoms with E-state index < -0.39 is 0 Å². The number of amides is 1. The monoisotopic (exact) mass is 310 g/mol. The molecule has 2 rings (SSSR count). The highest BCUT2D eigenvalue weighted by atomic mass is 32.1. The number of H-pyrrole nitrogens is 1. The van der Waals surface area contributed by atoms with E-state index in [1.165, 1.54) is 23.5 Å². The fourth-order valence-electron chi connectivity index (χ4n) is 1.85. The number of carbonyl (C=O) groups is 1. The fraction of sp³-hybridized carbons (Fsp3) is 0.286. The van der Waals surface area contributed by atoms with Gasteiger partial charge in [0.15, 0.2) is 3.95 Å². The number of rotatable bonds is 5. The highest BCUT2D eigenvalue weighted by Crippen LogP contribution is 2.14. The molecule has 1 aromatic carbocycles. The van der Waals surface area contributed by atoms with Gasteiger partial charge in [0.25, 0.3) is 0 Å². The lowest BCUT2D eigenvalue weighted by Gasteiger charge is -2.05. The van der Waals surface area contributed by atoms with Crippen LogP contribution in [0.25, 0.3) is 0 Å². The van der Waals surface area contributed by atoms with Crippen LogP contribution in [0.1, 0.15) is 16.1 Å². The third kappa shape index (κ3) is 4.25. The Morgan fingerprint density at radius 3 is 2.95 bits per heavy atom. The predicted octanol–water partition coefficient (Wildman–Crippen LogP) is 3.15. The summed E-state index contributed by atoms with van der Waals surface area (Å²) >= 11 is 6.46. The summed E-state index contributed by atoms with van der Waals surface area (Å²) in [4.78, 5) is 15.8. The Labute approximate surface area is 125 Å². The van der Waals surface area contributed by atoms with Crippen LogP contribution in [-0.2, 0) is 17.6 Å². The van der Waals surface area contributed by atoms with Gasteiger partial charge in [-0.3, -0.25) is 4.79 Å². The highest BCUT2D eigenvalue weighted by Gasteiger charge is 2.08. The lowest BCUT2D eigenvalue weighted by molar-refractivity contribution is -0.120. The van der Waals surface area contributed by atoms with Gasteiger partial charge in [-0.25, -0.2) is 4.39 Å². The van der Waals surface area contributed by atoms with Gasteiger partial charge in [0, 0.05) is 17.1 Å². The molecule has 0 aliphatic carbocycles. The molecule has 106 valence electrons. The number of aryl methyl sites for hydroxylation is 1. The molecule has 2 aromatic rings. The van der Waals surface area contributed by atoms with Crippen molar-refractivity contribution in [2.45, 2.75) is 19.8 Å².